The number of carbonyl (C=O) groups excluding carboxylic acids is 1. The van der Waals surface area contributed by atoms with Crippen LogP contribution in [-0.4, -0.2) is 59.4 Å². The van der Waals surface area contributed by atoms with Crippen LogP contribution < -0.4 is 5.32 Å². The largest absolute Gasteiger partial charge is 0.357 e. The molecule has 1 aliphatic carbocycles. The predicted octanol–water partition coefficient (Wildman–Crippen LogP) is 2.31. The van der Waals surface area contributed by atoms with E-state index < -0.39 is 0 Å². The Morgan fingerprint density at radius 3 is 2.50 bits per heavy atom. The van der Waals surface area contributed by atoms with Crippen LogP contribution in [0.5, 0.6) is 0 Å². The number of halogens is 1. The third kappa shape index (κ3) is 4.73. The van der Waals surface area contributed by atoms with Gasteiger partial charge in [-0.05, 0) is 53.4 Å². The summed E-state index contributed by atoms with van der Waals surface area (Å²) in [4.78, 5) is 21.4. The second-order valence-corrected chi connectivity index (χ2v) is 7.16. The lowest BCUT2D eigenvalue weighted by molar-refractivity contribution is -0.145. The van der Waals surface area contributed by atoms with Gasteiger partial charge in [0.25, 0.3) is 0 Å². The van der Waals surface area contributed by atoms with Crippen LogP contribution in [0.15, 0.2) is 4.99 Å². The summed E-state index contributed by atoms with van der Waals surface area (Å²) in [6.45, 7) is 13.5. The molecule has 6 heteroatoms. The quantitative estimate of drug-likeness (QED) is 0.430. The minimum Gasteiger partial charge on any atom is -0.357 e. The van der Waals surface area contributed by atoms with Crippen molar-refractivity contribution in [3.8, 4) is 0 Å². The molecule has 2 aliphatic rings. The Labute approximate surface area is 151 Å². The van der Waals surface area contributed by atoms with E-state index in [0.29, 0.717) is 6.54 Å². The summed E-state index contributed by atoms with van der Waals surface area (Å²) in [7, 11) is 0. The minimum atomic E-state index is -0.167. The van der Waals surface area contributed by atoms with Crippen LogP contribution >= 0.6 is 24.0 Å². The molecule has 0 spiro atoms. The van der Waals surface area contributed by atoms with E-state index in [9.17, 15) is 4.79 Å². The topological polar surface area (TPSA) is 47.9 Å². The maximum absolute atomic E-state index is 12.5. The Morgan fingerprint density at radius 2 is 2.05 bits per heavy atom. The maximum Gasteiger partial charge on any atom is 0.242 e. The zero-order chi connectivity index (χ0) is 15.6. The van der Waals surface area contributed by atoms with E-state index >= 15 is 0 Å². The van der Waals surface area contributed by atoms with Crippen LogP contribution in [0.2, 0.25) is 0 Å². The highest BCUT2D eigenvalue weighted by Gasteiger charge is 2.40. The molecule has 0 atom stereocenters. The maximum atomic E-state index is 12.5. The SMILES string of the molecule is CCNC(=NCC1CC1)N1CC(=O)N(C(C)C)C(C)(C)C1.I. The molecule has 5 nitrogen and oxygen atoms in total. The van der Waals surface area contributed by atoms with Gasteiger partial charge in [0.2, 0.25) is 5.91 Å². The zero-order valence-electron chi connectivity index (χ0n) is 14.6. The van der Waals surface area contributed by atoms with Gasteiger partial charge < -0.3 is 15.1 Å². The molecule has 1 saturated carbocycles. The van der Waals surface area contributed by atoms with E-state index in [4.69, 9.17) is 4.99 Å². The third-order valence-corrected chi connectivity index (χ3v) is 4.17. The average Bonchev–Trinajstić information content (AvgIpc) is 3.15. The van der Waals surface area contributed by atoms with Gasteiger partial charge in [0, 0.05) is 25.7 Å². The number of nitrogens with one attached hydrogen (secondary N) is 1. The summed E-state index contributed by atoms with van der Waals surface area (Å²) in [5, 5.41) is 3.34. The molecule has 1 saturated heterocycles. The fraction of sp³-hybridized carbons (Fsp3) is 0.875. The number of hydrogen-bond donors (Lipinski definition) is 1. The van der Waals surface area contributed by atoms with Crippen LogP contribution in [0, 0.1) is 5.92 Å². The van der Waals surface area contributed by atoms with Gasteiger partial charge in [0.1, 0.15) is 0 Å². The molecular weight excluding hydrogens is 391 g/mol. The molecule has 1 amide bonds. The minimum absolute atomic E-state index is 0. The molecule has 2 fully saturated rings. The van der Waals surface area contributed by atoms with Crippen molar-refractivity contribution in [3.05, 3.63) is 0 Å². The van der Waals surface area contributed by atoms with E-state index in [0.717, 1.165) is 31.5 Å². The number of hydrogen-bond acceptors (Lipinski definition) is 2. The Balaban J connectivity index is 0.00000242. The van der Waals surface area contributed by atoms with Gasteiger partial charge in [-0.25, -0.2) is 0 Å². The second kappa shape index (κ2) is 7.84. The number of amides is 1. The van der Waals surface area contributed by atoms with Crippen molar-refractivity contribution in [2.75, 3.05) is 26.2 Å². The van der Waals surface area contributed by atoms with E-state index in [2.05, 4.69) is 44.8 Å². The van der Waals surface area contributed by atoms with Crippen LogP contribution in [0.4, 0.5) is 0 Å². The number of aliphatic imine (C=N–C) groups is 1. The highest BCUT2D eigenvalue weighted by molar-refractivity contribution is 14.0. The van der Waals surface area contributed by atoms with Crippen LogP contribution in [0.3, 0.4) is 0 Å². The highest BCUT2D eigenvalue weighted by atomic mass is 127. The summed E-state index contributed by atoms with van der Waals surface area (Å²) in [6.07, 6.45) is 2.60. The standard InChI is InChI=1S/C16H30N4O.HI/c1-6-17-15(18-9-13-7-8-13)19-10-14(21)20(12(2)3)16(4,5)11-19;/h12-13H,6-11H2,1-5H3,(H,17,18);1H. The Kier molecular flexibility index (Phi) is 6.95. The van der Waals surface area contributed by atoms with Gasteiger partial charge >= 0.3 is 0 Å². The molecule has 128 valence electrons. The van der Waals surface area contributed by atoms with Crippen molar-refractivity contribution in [1.82, 2.24) is 15.1 Å². The normalized spacial score (nSPS) is 21.9. The number of rotatable bonds is 4. The Morgan fingerprint density at radius 1 is 1.41 bits per heavy atom. The lowest BCUT2D eigenvalue weighted by Crippen LogP contribution is -2.66. The second-order valence-electron chi connectivity index (χ2n) is 7.16. The van der Waals surface area contributed by atoms with Crippen molar-refractivity contribution in [3.63, 3.8) is 0 Å². The first-order valence-corrected chi connectivity index (χ1v) is 8.20. The summed E-state index contributed by atoms with van der Waals surface area (Å²) in [5.74, 6) is 1.85. The molecule has 0 bridgehead atoms. The molecule has 0 aromatic carbocycles. The molecule has 0 radical (unpaired) electrons. The van der Waals surface area contributed by atoms with Gasteiger partial charge in [-0.15, -0.1) is 24.0 Å². The number of piperazine rings is 1. The molecular formula is C16H31IN4O. The van der Waals surface area contributed by atoms with Crippen LogP contribution in [-0.2, 0) is 4.79 Å². The van der Waals surface area contributed by atoms with Crippen molar-refractivity contribution in [2.24, 2.45) is 10.9 Å². The van der Waals surface area contributed by atoms with E-state index in [1.807, 2.05) is 4.90 Å². The smallest absolute Gasteiger partial charge is 0.242 e. The zero-order valence-corrected chi connectivity index (χ0v) is 16.9. The van der Waals surface area contributed by atoms with Crippen molar-refractivity contribution < 1.29 is 4.79 Å². The van der Waals surface area contributed by atoms with Gasteiger partial charge in [0.15, 0.2) is 5.96 Å². The number of carbonyl (C=O) groups is 1. The molecule has 1 N–H and O–H groups in total. The molecule has 2 rings (SSSR count). The van der Waals surface area contributed by atoms with E-state index in [1.54, 1.807) is 0 Å². The van der Waals surface area contributed by atoms with Crippen LogP contribution in [0.1, 0.15) is 47.5 Å². The molecule has 0 unspecified atom stereocenters. The Bertz CT molecular complexity index is 418. The first-order chi connectivity index (χ1) is 9.85. The lowest BCUT2D eigenvalue weighted by Gasteiger charge is -2.49. The summed E-state index contributed by atoms with van der Waals surface area (Å²) >= 11 is 0. The fourth-order valence-corrected chi connectivity index (χ4v) is 3.25. The monoisotopic (exact) mass is 422 g/mol. The van der Waals surface area contributed by atoms with Crippen LogP contribution in [0.25, 0.3) is 0 Å². The molecule has 22 heavy (non-hydrogen) atoms. The van der Waals surface area contributed by atoms with Gasteiger partial charge in [0.05, 0.1) is 12.1 Å². The fourth-order valence-electron chi connectivity index (χ4n) is 3.25. The van der Waals surface area contributed by atoms with Crippen molar-refractivity contribution in [2.45, 2.75) is 59.0 Å². The molecule has 0 aromatic heterocycles. The van der Waals surface area contributed by atoms with Gasteiger partial charge in [-0.2, -0.15) is 0 Å². The lowest BCUT2D eigenvalue weighted by atomic mass is 9.96. The summed E-state index contributed by atoms with van der Waals surface area (Å²) < 4.78 is 0. The highest BCUT2D eigenvalue weighted by Crippen LogP contribution is 2.29. The summed E-state index contributed by atoms with van der Waals surface area (Å²) in [6, 6.07) is 0.237. The average molecular weight is 422 g/mol. The van der Waals surface area contributed by atoms with Crippen molar-refractivity contribution in [1.29, 1.82) is 0 Å². The molecule has 0 aromatic rings. The van der Waals surface area contributed by atoms with Gasteiger partial charge in [-0.1, -0.05) is 0 Å². The third-order valence-electron chi connectivity index (χ3n) is 4.17. The van der Waals surface area contributed by atoms with E-state index in [1.165, 1.54) is 12.8 Å². The first-order valence-electron chi connectivity index (χ1n) is 8.20. The number of nitrogens with zero attached hydrogens (tertiary/aromatic N) is 3. The molecule has 1 heterocycles. The number of guanidine groups is 1. The predicted molar refractivity (Wildman–Crippen MR) is 102 cm³/mol. The van der Waals surface area contributed by atoms with Gasteiger partial charge in [-0.3, -0.25) is 9.79 Å². The molecule has 1 aliphatic heterocycles. The summed E-state index contributed by atoms with van der Waals surface area (Å²) in [5.41, 5.74) is -0.167. The Hall–Kier alpha value is -0.530. The van der Waals surface area contributed by atoms with Crippen molar-refractivity contribution >= 4 is 35.8 Å². The first kappa shape index (κ1) is 19.5. The van der Waals surface area contributed by atoms with E-state index in [-0.39, 0.29) is 41.5 Å².